The highest BCUT2D eigenvalue weighted by molar-refractivity contribution is 9.10. The van der Waals surface area contributed by atoms with Crippen molar-refractivity contribution in [2.75, 3.05) is 20.3 Å². The molecule has 1 rings (SSSR count). The summed E-state index contributed by atoms with van der Waals surface area (Å²) in [4.78, 5) is 12.0. The molecule has 0 radical (unpaired) electrons. The lowest BCUT2D eigenvalue weighted by Crippen LogP contribution is -2.10. The third-order valence-electron chi connectivity index (χ3n) is 2.82. The van der Waals surface area contributed by atoms with Crippen LogP contribution < -0.4 is 4.74 Å². The Kier molecular flexibility index (Phi) is 6.36. The van der Waals surface area contributed by atoms with Gasteiger partial charge in [0.15, 0.2) is 5.78 Å². The highest BCUT2D eigenvalue weighted by atomic mass is 79.9. The number of hydrogen-bond acceptors (Lipinski definition) is 3. The molecule has 100 valence electrons. The van der Waals surface area contributed by atoms with E-state index in [1.54, 1.807) is 13.2 Å². The second-order valence-electron chi connectivity index (χ2n) is 4.16. The van der Waals surface area contributed by atoms with Crippen LogP contribution >= 0.6 is 15.9 Å². The van der Waals surface area contributed by atoms with Crippen LogP contribution in [0.2, 0.25) is 0 Å². The van der Waals surface area contributed by atoms with E-state index in [4.69, 9.17) is 9.47 Å². The van der Waals surface area contributed by atoms with Gasteiger partial charge in [0.05, 0.1) is 11.1 Å². The van der Waals surface area contributed by atoms with Gasteiger partial charge in [-0.25, -0.2) is 0 Å². The number of ketones is 1. The second kappa shape index (κ2) is 7.54. The maximum absolute atomic E-state index is 12.0. The third-order valence-corrected chi connectivity index (χ3v) is 3.44. The summed E-state index contributed by atoms with van der Waals surface area (Å²) in [7, 11) is 1.63. The molecular formula is C14H19BrO3. The quantitative estimate of drug-likeness (QED) is 0.568. The lowest BCUT2D eigenvalue weighted by atomic mass is 9.97. The molecule has 18 heavy (non-hydrogen) atoms. The minimum absolute atomic E-state index is 0.0529. The zero-order valence-corrected chi connectivity index (χ0v) is 12.6. The topological polar surface area (TPSA) is 35.5 Å². The second-order valence-corrected chi connectivity index (χ2v) is 5.01. The lowest BCUT2D eigenvalue weighted by molar-refractivity contribution is 0.0927. The first-order chi connectivity index (χ1) is 8.60. The Balaban J connectivity index is 2.75. The van der Waals surface area contributed by atoms with E-state index in [9.17, 15) is 4.79 Å². The van der Waals surface area contributed by atoms with Gasteiger partial charge in [-0.3, -0.25) is 4.79 Å². The molecule has 0 saturated carbocycles. The Hall–Kier alpha value is -0.870. The van der Waals surface area contributed by atoms with Crippen molar-refractivity contribution in [3.63, 3.8) is 0 Å². The Morgan fingerprint density at radius 1 is 1.39 bits per heavy atom. The Labute approximate surface area is 117 Å². The van der Waals surface area contributed by atoms with Crippen LogP contribution in [0.4, 0.5) is 0 Å². The number of ether oxygens (including phenoxy) is 2. The number of methoxy groups -OCH3 is 1. The van der Waals surface area contributed by atoms with Gasteiger partial charge in [-0.1, -0.05) is 13.8 Å². The number of hydrogen-bond donors (Lipinski definition) is 0. The van der Waals surface area contributed by atoms with Gasteiger partial charge in [-0.05, 0) is 40.5 Å². The monoisotopic (exact) mass is 314 g/mol. The number of carbonyl (C=O) groups excluding carboxylic acids is 1. The Morgan fingerprint density at radius 2 is 2.11 bits per heavy atom. The van der Waals surface area contributed by atoms with E-state index < -0.39 is 0 Å². The van der Waals surface area contributed by atoms with Crippen LogP contribution in [0.5, 0.6) is 5.75 Å². The van der Waals surface area contributed by atoms with Crippen LogP contribution in [0.25, 0.3) is 0 Å². The highest BCUT2D eigenvalue weighted by Gasteiger charge is 2.14. The standard InChI is InChI=1S/C14H19BrO3/c1-4-10(2)14(16)11-5-6-13(12(15)9-11)18-8-7-17-3/h5-6,9-10H,4,7-8H2,1-3H3. The van der Waals surface area contributed by atoms with Crippen molar-refractivity contribution in [3.05, 3.63) is 28.2 Å². The zero-order chi connectivity index (χ0) is 13.5. The molecule has 0 saturated heterocycles. The fourth-order valence-corrected chi connectivity index (χ4v) is 1.97. The maximum atomic E-state index is 12.0. The van der Waals surface area contributed by atoms with E-state index in [1.165, 1.54) is 0 Å². The van der Waals surface area contributed by atoms with E-state index in [0.29, 0.717) is 13.2 Å². The molecule has 3 nitrogen and oxygen atoms in total. The first kappa shape index (κ1) is 15.2. The van der Waals surface area contributed by atoms with Crippen molar-refractivity contribution >= 4 is 21.7 Å². The molecule has 1 aromatic rings. The van der Waals surface area contributed by atoms with Gasteiger partial charge in [0.2, 0.25) is 0 Å². The normalized spacial score (nSPS) is 12.2. The molecule has 0 spiro atoms. The number of halogens is 1. The minimum atomic E-state index is 0.0529. The highest BCUT2D eigenvalue weighted by Crippen LogP contribution is 2.27. The number of carbonyl (C=O) groups is 1. The van der Waals surface area contributed by atoms with Gasteiger partial charge in [0, 0.05) is 18.6 Å². The molecular weight excluding hydrogens is 296 g/mol. The SMILES string of the molecule is CCC(C)C(=O)c1ccc(OCCOC)c(Br)c1. The summed E-state index contributed by atoms with van der Waals surface area (Å²) < 4.78 is 11.2. The molecule has 1 unspecified atom stereocenters. The molecule has 0 fully saturated rings. The number of benzene rings is 1. The van der Waals surface area contributed by atoms with Crippen molar-refractivity contribution in [2.24, 2.45) is 5.92 Å². The van der Waals surface area contributed by atoms with Crippen LogP contribution in [-0.4, -0.2) is 26.1 Å². The number of Topliss-reactive ketones (excluding diaryl/α,β-unsaturated/α-hetero) is 1. The first-order valence-electron chi connectivity index (χ1n) is 6.05. The lowest BCUT2D eigenvalue weighted by Gasteiger charge is -2.11. The van der Waals surface area contributed by atoms with Crippen LogP contribution in [-0.2, 0) is 4.74 Å². The summed E-state index contributed by atoms with van der Waals surface area (Å²) in [6.45, 7) is 4.99. The van der Waals surface area contributed by atoms with E-state index in [-0.39, 0.29) is 11.7 Å². The van der Waals surface area contributed by atoms with Crippen LogP contribution in [0.1, 0.15) is 30.6 Å². The summed E-state index contributed by atoms with van der Waals surface area (Å²) in [5.74, 6) is 0.951. The predicted octanol–water partition coefficient (Wildman–Crippen LogP) is 3.70. The van der Waals surface area contributed by atoms with E-state index in [1.807, 2.05) is 26.0 Å². The van der Waals surface area contributed by atoms with Crippen LogP contribution in [0.15, 0.2) is 22.7 Å². The minimum Gasteiger partial charge on any atom is -0.490 e. The van der Waals surface area contributed by atoms with E-state index >= 15 is 0 Å². The van der Waals surface area contributed by atoms with Gasteiger partial charge < -0.3 is 9.47 Å². The van der Waals surface area contributed by atoms with Gasteiger partial charge in [-0.2, -0.15) is 0 Å². The van der Waals surface area contributed by atoms with Gasteiger partial charge in [0.25, 0.3) is 0 Å². The largest absolute Gasteiger partial charge is 0.490 e. The Bertz CT molecular complexity index is 404. The number of rotatable bonds is 7. The van der Waals surface area contributed by atoms with Gasteiger partial charge in [0.1, 0.15) is 12.4 Å². The summed E-state index contributed by atoms with van der Waals surface area (Å²) in [6.07, 6.45) is 0.850. The molecule has 0 heterocycles. The third kappa shape index (κ3) is 4.10. The molecule has 0 aromatic heterocycles. The molecule has 0 aliphatic carbocycles. The summed E-state index contributed by atoms with van der Waals surface area (Å²) in [6, 6.07) is 5.44. The molecule has 1 aromatic carbocycles. The molecule has 4 heteroatoms. The molecule has 0 N–H and O–H groups in total. The summed E-state index contributed by atoms with van der Waals surface area (Å²) in [5, 5.41) is 0. The van der Waals surface area contributed by atoms with Gasteiger partial charge in [-0.15, -0.1) is 0 Å². The van der Waals surface area contributed by atoms with Crippen molar-refractivity contribution in [3.8, 4) is 5.75 Å². The maximum Gasteiger partial charge on any atom is 0.165 e. The summed E-state index contributed by atoms with van der Waals surface area (Å²) >= 11 is 3.42. The van der Waals surface area contributed by atoms with Crippen molar-refractivity contribution in [1.82, 2.24) is 0 Å². The van der Waals surface area contributed by atoms with E-state index in [0.717, 1.165) is 22.2 Å². The van der Waals surface area contributed by atoms with Crippen molar-refractivity contribution < 1.29 is 14.3 Å². The molecule has 0 amide bonds. The smallest absolute Gasteiger partial charge is 0.165 e. The first-order valence-corrected chi connectivity index (χ1v) is 6.85. The average molecular weight is 315 g/mol. The fraction of sp³-hybridized carbons (Fsp3) is 0.500. The molecule has 1 atom stereocenters. The van der Waals surface area contributed by atoms with E-state index in [2.05, 4.69) is 15.9 Å². The van der Waals surface area contributed by atoms with Crippen LogP contribution in [0, 0.1) is 5.92 Å². The molecule has 0 aliphatic heterocycles. The zero-order valence-electron chi connectivity index (χ0n) is 11.0. The summed E-state index contributed by atoms with van der Waals surface area (Å²) in [5.41, 5.74) is 0.718. The Morgan fingerprint density at radius 3 is 2.67 bits per heavy atom. The molecule has 0 aliphatic rings. The van der Waals surface area contributed by atoms with Crippen molar-refractivity contribution in [1.29, 1.82) is 0 Å². The van der Waals surface area contributed by atoms with Gasteiger partial charge >= 0.3 is 0 Å². The molecule has 0 bridgehead atoms. The predicted molar refractivity (Wildman–Crippen MR) is 75.3 cm³/mol. The van der Waals surface area contributed by atoms with Crippen LogP contribution in [0.3, 0.4) is 0 Å². The fourth-order valence-electron chi connectivity index (χ4n) is 1.48. The van der Waals surface area contributed by atoms with Crippen molar-refractivity contribution in [2.45, 2.75) is 20.3 Å². The average Bonchev–Trinajstić information content (AvgIpc) is 2.39.